The van der Waals surface area contributed by atoms with Gasteiger partial charge in [0.1, 0.15) is 6.61 Å². The van der Waals surface area contributed by atoms with Crippen molar-refractivity contribution in [1.29, 1.82) is 0 Å². The summed E-state index contributed by atoms with van der Waals surface area (Å²) in [5.74, 6) is -0.500. The first-order chi connectivity index (χ1) is 9.13. The molecular formula is C13H11ClN2O3. The third-order valence-electron chi connectivity index (χ3n) is 2.36. The number of nitrogens with zero attached hydrogens (tertiary/aromatic N) is 2. The molecule has 0 radical (unpaired) electrons. The predicted octanol–water partition coefficient (Wildman–Crippen LogP) is 2.34. The van der Waals surface area contributed by atoms with Crippen molar-refractivity contribution in [2.45, 2.75) is 13.0 Å². The molecule has 0 atom stereocenters. The van der Waals surface area contributed by atoms with Gasteiger partial charge < -0.3 is 9.84 Å². The largest absolute Gasteiger partial charge is 0.481 e. The second-order valence-corrected chi connectivity index (χ2v) is 4.32. The summed E-state index contributed by atoms with van der Waals surface area (Å²) in [7, 11) is 0. The van der Waals surface area contributed by atoms with Crippen LogP contribution in [0.15, 0.2) is 36.5 Å². The number of halogens is 1. The van der Waals surface area contributed by atoms with Crippen LogP contribution in [0, 0.1) is 0 Å². The van der Waals surface area contributed by atoms with E-state index in [0.717, 1.165) is 11.1 Å². The average Bonchev–Trinajstić information content (AvgIpc) is 2.37. The Balaban J connectivity index is 1.94. The van der Waals surface area contributed by atoms with E-state index in [1.807, 2.05) is 12.1 Å². The van der Waals surface area contributed by atoms with E-state index in [1.54, 1.807) is 18.2 Å². The van der Waals surface area contributed by atoms with Gasteiger partial charge in [0, 0.05) is 6.07 Å². The molecule has 6 heteroatoms. The predicted molar refractivity (Wildman–Crippen MR) is 69.2 cm³/mol. The summed E-state index contributed by atoms with van der Waals surface area (Å²) in [6.45, 7) is 0.322. The fraction of sp³-hybridized carbons (Fsp3) is 0.154. The normalized spacial score (nSPS) is 10.2. The zero-order valence-electron chi connectivity index (χ0n) is 9.91. The van der Waals surface area contributed by atoms with Crippen molar-refractivity contribution < 1.29 is 14.6 Å². The van der Waals surface area contributed by atoms with Gasteiger partial charge in [-0.05, 0) is 11.1 Å². The molecule has 19 heavy (non-hydrogen) atoms. The van der Waals surface area contributed by atoms with Crippen LogP contribution in [-0.2, 0) is 17.8 Å². The molecule has 0 saturated carbocycles. The lowest BCUT2D eigenvalue weighted by molar-refractivity contribution is -0.136. The fourth-order valence-corrected chi connectivity index (χ4v) is 1.62. The number of rotatable bonds is 5. The molecule has 0 saturated heterocycles. The highest BCUT2D eigenvalue weighted by molar-refractivity contribution is 6.30. The lowest BCUT2D eigenvalue weighted by Crippen LogP contribution is -2.01. The van der Waals surface area contributed by atoms with Gasteiger partial charge in [0.25, 0.3) is 0 Å². The maximum atomic E-state index is 10.5. The third kappa shape index (κ3) is 4.22. The fourth-order valence-electron chi connectivity index (χ4n) is 1.48. The van der Waals surface area contributed by atoms with Crippen molar-refractivity contribution >= 4 is 17.6 Å². The van der Waals surface area contributed by atoms with Crippen molar-refractivity contribution in [1.82, 2.24) is 10.2 Å². The number of benzene rings is 1. The van der Waals surface area contributed by atoms with Gasteiger partial charge in [-0.2, -0.15) is 5.10 Å². The molecule has 1 N–H and O–H groups in total. The molecule has 5 nitrogen and oxygen atoms in total. The molecule has 1 heterocycles. The standard InChI is InChI=1S/C13H11ClN2O3/c14-11-6-12(16-15-7-11)19-8-10-3-1-9(2-4-10)5-13(17)18/h1-4,6-7H,5,8H2,(H,17,18). The quantitative estimate of drug-likeness (QED) is 0.909. The Morgan fingerprint density at radius 2 is 1.95 bits per heavy atom. The second kappa shape index (κ2) is 6.15. The van der Waals surface area contributed by atoms with Crippen LogP contribution in [0.1, 0.15) is 11.1 Å². The summed E-state index contributed by atoms with van der Waals surface area (Å²) >= 11 is 5.76. The van der Waals surface area contributed by atoms with Crippen LogP contribution < -0.4 is 4.74 Å². The second-order valence-electron chi connectivity index (χ2n) is 3.89. The lowest BCUT2D eigenvalue weighted by Gasteiger charge is -2.05. The Hall–Kier alpha value is -2.14. The third-order valence-corrected chi connectivity index (χ3v) is 2.57. The minimum Gasteiger partial charge on any atom is -0.481 e. The van der Waals surface area contributed by atoms with Crippen molar-refractivity contribution in [3.05, 3.63) is 52.7 Å². The van der Waals surface area contributed by atoms with Gasteiger partial charge in [-0.25, -0.2) is 0 Å². The van der Waals surface area contributed by atoms with E-state index < -0.39 is 5.97 Å². The number of carboxylic acids is 1. The monoisotopic (exact) mass is 278 g/mol. The van der Waals surface area contributed by atoms with Crippen LogP contribution >= 0.6 is 11.6 Å². The Bertz CT molecular complexity index is 572. The average molecular weight is 279 g/mol. The summed E-state index contributed by atoms with van der Waals surface area (Å²) in [5, 5.41) is 16.6. The minimum absolute atomic E-state index is 0.0148. The summed E-state index contributed by atoms with van der Waals surface area (Å²) < 4.78 is 5.42. The molecule has 0 spiro atoms. The maximum absolute atomic E-state index is 10.5. The summed E-state index contributed by atoms with van der Waals surface area (Å²) in [5.41, 5.74) is 1.66. The Morgan fingerprint density at radius 1 is 1.26 bits per heavy atom. The molecule has 0 fully saturated rings. The SMILES string of the molecule is O=C(O)Cc1ccc(COc2cc(Cl)cnn2)cc1. The van der Waals surface area contributed by atoms with Crippen LogP contribution in [0.2, 0.25) is 5.02 Å². The van der Waals surface area contributed by atoms with Crippen LogP contribution in [0.3, 0.4) is 0 Å². The molecule has 0 amide bonds. The van der Waals surface area contributed by atoms with E-state index >= 15 is 0 Å². The molecule has 2 aromatic rings. The molecular weight excluding hydrogens is 268 g/mol. The molecule has 1 aromatic carbocycles. The first-order valence-corrected chi connectivity index (χ1v) is 5.92. The van der Waals surface area contributed by atoms with Crippen molar-refractivity contribution in [3.63, 3.8) is 0 Å². The van der Waals surface area contributed by atoms with Gasteiger partial charge in [0.15, 0.2) is 0 Å². The van der Waals surface area contributed by atoms with Gasteiger partial charge in [-0.3, -0.25) is 4.79 Å². The van der Waals surface area contributed by atoms with E-state index in [-0.39, 0.29) is 6.42 Å². The van der Waals surface area contributed by atoms with E-state index in [2.05, 4.69) is 10.2 Å². The highest BCUT2D eigenvalue weighted by atomic mass is 35.5. The smallest absolute Gasteiger partial charge is 0.307 e. The van der Waals surface area contributed by atoms with Crippen LogP contribution in [0.4, 0.5) is 0 Å². The minimum atomic E-state index is -0.849. The zero-order valence-corrected chi connectivity index (χ0v) is 10.7. The molecule has 1 aromatic heterocycles. The van der Waals surface area contributed by atoms with E-state index in [1.165, 1.54) is 6.20 Å². The molecule has 98 valence electrons. The van der Waals surface area contributed by atoms with Crippen LogP contribution in [0.5, 0.6) is 5.88 Å². The molecule has 0 aliphatic rings. The molecule has 0 aliphatic heterocycles. The molecule has 0 bridgehead atoms. The van der Waals surface area contributed by atoms with E-state index in [0.29, 0.717) is 17.5 Å². The number of aliphatic carboxylic acids is 1. The van der Waals surface area contributed by atoms with Gasteiger partial charge in [-0.15, -0.1) is 5.10 Å². The van der Waals surface area contributed by atoms with Crippen LogP contribution in [-0.4, -0.2) is 21.3 Å². The first-order valence-electron chi connectivity index (χ1n) is 5.54. The van der Waals surface area contributed by atoms with Gasteiger partial charge in [0.05, 0.1) is 17.6 Å². The number of ether oxygens (including phenoxy) is 1. The van der Waals surface area contributed by atoms with Gasteiger partial charge >= 0.3 is 5.97 Å². The maximum Gasteiger partial charge on any atom is 0.307 e. The van der Waals surface area contributed by atoms with Gasteiger partial charge in [-0.1, -0.05) is 35.9 Å². The van der Waals surface area contributed by atoms with E-state index in [4.69, 9.17) is 21.4 Å². The summed E-state index contributed by atoms with van der Waals surface area (Å²) in [6.07, 6.45) is 1.44. The molecule has 0 aliphatic carbocycles. The zero-order chi connectivity index (χ0) is 13.7. The number of aromatic nitrogens is 2. The highest BCUT2D eigenvalue weighted by Crippen LogP contribution is 2.14. The Labute approximate surface area is 114 Å². The number of hydrogen-bond donors (Lipinski definition) is 1. The Kier molecular flexibility index (Phi) is 4.30. The molecule has 0 unspecified atom stereocenters. The van der Waals surface area contributed by atoms with Crippen molar-refractivity contribution in [3.8, 4) is 5.88 Å². The number of carboxylic acid groups (broad SMARTS) is 1. The topological polar surface area (TPSA) is 72.3 Å². The van der Waals surface area contributed by atoms with Crippen LogP contribution in [0.25, 0.3) is 0 Å². The van der Waals surface area contributed by atoms with Crippen molar-refractivity contribution in [2.24, 2.45) is 0 Å². The lowest BCUT2D eigenvalue weighted by atomic mass is 10.1. The van der Waals surface area contributed by atoms with E-state index in [9.17, 15) is 4.79 Å². The molecule has 2 rings (SSSR count). The van der Waals surface area contributed by atoms with Gasteiger partial charge in [0.2, 0.25) is 5.88 Å². The highest BCUT2D eigenvalue weighted by Gasteiger charge is 2.02. The summed E-state index contributed by atoms with van der Waals surface area (Å²) in [4.78, 5) is 10.5. The summed E-state index contributed by atoms with van der Waals surface area (Å²) in [6, 6.07) is 8.73. The Morgan fingerprint density at radius 3 is 2.58 bits per heavy atom. The first kappa shape index (κ1) is 13.3. The number of carbonyl (C=O) groups is 1. The van der Waals surface area contributed by atoms with Crippen molar-refractivity contribution in [2.75, 3.05) is 0 Å². The number of hydrogen-bond acceptors (Lipinski definition) is 4.